The summed E-state index contributed by atoms with van der Waals surface area (Å²) in [4.78, 5) is 29.8. The third-order valence-corrected chi connectivity index (χ3v) is 4.95. The molecule has 0 bridgehead atoms. The van der Waals surface area contributed by atoms with Crippen LogP contribution in [0.3, 0.4) is 0 Å². The first-order valence-corrected chi connectivity index (χ1v) is 9.08. The van der Waals surface area contributed by atoms with E-state index in [9.17, 15) is 9.59 Å². The highest BCUT2D eigenvalue weighted by Gasteiger charge is 2.24. The number of amides is 1. The summed E-state index contributed by atoms with van der Waals surface area (Å²) in [6.45, 7) is 8.85. The van der Waals surface area contributed by atoms with Crippen molar-refractivity contribution < 1.29 is 14.3 Å². The van der Waals surface area contributed by atoms with Gasteiger partial charge in [-0.2, -0.15) is 5.10 Å². The molecule has 0 radical (unpaired) electrons. The Morgan fingerprint density at radius 3 is 2.43 bits per heavy atom. The number of nitrogens with zero attached hydrogens (tertiary/aromatic N) is 3. The monoisotopic (exact) mass is 380 g/mol. The number of carbonyl (C=O) groups is 2. The molecule has 0 aliphatic rings. The largest absolute Gasteiger partial charge is 0.449 e. The number of rotatable bonds is 4. The van der Waals surface area contributed by atoms with Crippen LogP contribution in [0.4, 0.5) is 5.69 Å². The van der Waals surface area contributed by atoms with Crippen LogP contribution in [0.5, 0.6) is 0 Å². The van der Waals surface area contributed by atoms with Gasteiger partial charge in [0.25, 0.3) is 5.91 Å². The van der Waals surface area contributed by atoms with Crippen LogP contribution in [0, 0.1) is 27.7 Å². The van der Waals surface area contributed by atoms with Crippen LogP contribution in [0.1, 0.15) is 39.9 Å². The number of carbonyl (C=O) groups excluding carboxylic acids is 2. The second-order valence-corrected chi connectivity index (χ2v) is 6.92. The average Bonchev–Trinajstić information content (AvgIpc) is 2.87. The van der Waals surface area contributed by atoms with Gasteiger partial charge in [-0.15, -0.1) is 0 Å². The van der Waals surface area contributed by atoms with Crippen molar-refractivity contribution in [1.82, 2.24) is 14.8 Å². The topological polar surface area (TPSA) is 86.1 Å². The first-order chi connectivity index (χ1) is 13.2. The first kappa shape index (κ1) is 19.5. The zero-order chi connectivity index (χ0) is 20.6. The van der Waals surface area contributed by atoms with Crippen LogP contribution < -0.4 is 5.32 Å². The number of esters is 1. The minimum absolute atomic E-state index is 0.395. The summed E-state index contributed by atoms with van der Waals surface area (Å²) in [5.41, 5.74) is 4.75. The zero-order valence-corrected chi connectivity index (χ0v) is 17.0. The van der Waals surface area contributed by atoms with Gasteiger partial charge in [0.1, 0.15) is 0 Å². The van der Waals surface area contributed by atoms with E-state index in [2.05, 4.69) is 15.4 Å². The number of nitrogens with one attached hydrogen (secondary N) is 1. The van der Waals surface area contributed by atoms with Gasteiger partial charge < -0.3 is 10.1 Å². The highest BCUT2D eigenvalue weighted by molar-refractivity contribution is 6.01. The van der Waals surface area contributed by atoms with Crippen molar-refractivity contribution in [1.29, 1.82) is 0 Å². The fourth-order valence-electron chi connectivity index (χ4n) is 3.28. The molecule has 3 rings (SSSR count). The molecule has 0 unspecified atom stereocenters. The number of aryl methyl sites for hydroxylation is 4. The van der Waals surface area contributed by atoms with E-state index in [1.807, 2.05) is 45.0 Å². The molecule has 1 atom stereocenters. The predicted molar refractivity (Wildman–Crippen MR) is 107 cm³/mol. The van der Waals surface area contributed by atoms with Gasteiger partial charge in [0.15, 0.2) is 6.10 Å². The lowest BCUT2D eigenvalue weighted by molar-refractivity contribution is -0.123. The molecule has 1 amide bonds. The molecule has 2 aromatic heterocycles. The van der Waals surface area contributed by atoms with Gasteiger partial charge in [0.2, 0.25) is 0 Å². The van der Waals surface area contributed by atoms with Gasteiger partial charge in [-0.05, 0) is 46.2 Å². The molecule has 3 aromatic rings. The summed E-state index contributed by atoms with van der Waals surface area (Å²) in [6.07, 6.45) is -0.961. The standard InChI is InChI=1S/C21H24N4O3/c1-11-16-9-7-8-10-17(16)22-12(2)18(11)21(27)28-15(5)20(26)23-19-13(3)24-25(6)14(19)4/h7-10,15H,1-6H3,(H,23,26)/t15-/m1/s1. The van der Waals surface area contributed by atoms with E-state index >= 15 is 0 Å². The summed E-state index contributed by atoms with van der Waals surface area (Å²) in [7, 11) is 1.81. The van der Waals surface area contributed by atoms with Gasteiger partial charge in [-0.25, -0.2) is 4.79 Å². The number of anilines is 1. The van der Waals surface area contributed by atoms with Crippen LogP contribution in [0.15, 0.2) is 24.3 Å². The molecule has 0 saturated heterocycles. The Bertz CT molecular complexity index is 1080. The average molecular weight is 380 g/mol. The molecule has 1 N–H and O–H groups in total. The van der Waals surface area contributed by atoms with E-state index < -0.39 is 18.0 Å². The number of para-hydroxylation sites is 1. The summed E-state index contributed by atoms with van der Waals surface area (Å²) in [5.74, 6) is -0.966. The van der Waals surface area contributed by atoms with Crippen LogP contribution in [-0.2, 0) is 16.6 Å². The van der Waals surface area contributed by atoms with Crippen molar-refractivity contribution in [3.05, 3.63) is 52.5 Å². The van der Waals surface area contributed by atoms with Crippen molar-refractivity contribution in [3.63, 3.8) is 0 Å². The van der Waals surface area contributed by atoms with Gasteiger partial charge in [0, 0.05) is 12.4 Å². The number of hydrogen-bond donors (Lipinski definition) is 1. The summed E-state index contributed by atoms with van der Waals surface area (Å²) >= 11 is 0. The van der Waals surface area contributed by atoms with E-state index in [4.69, 9.17) is 4.74 Å². The van der Waals surface area contributed by atoms with Crippen LogP contribution in [0.2, 0.25) is 0 Å². The van der Waals surface area contributed by atoms with Crippen molar-refractivity contribution in [2.24, 2.45) is 7.05 Å². The number of pyridine rings is 1. The molecule has 1 aromatic carbocycles. The Balaban J connectivity index is 1.81. The molecule has 0 aliphatic heterocycles. The summed E-state index contributed by atoms with van der Waals surface area (Å²) < 4.78 is 7.14. The molecule has 0 spiro atoms. The maximum atomic E-state index is 12.8. The SMILES string of the molecule is Cc1nn(C)c(C)c1NC(=O)[C@@H](C)OC(=O)c1c(C)nc2ccccc2c1C. The Morgan fingerprint density at radius 2 is 1.79 bits per heavy atom. The lowest BCUT2D eigenvalue weighted by atomic mass is 10.0. The molecule has 7 nitrogen and oxygen atoms in total. The Labute approximate surface area is 163 Å². The molecule has 0 fully saturated rings. The van der Waals surface area contributed by atoms with E-state index in [0.717, 1.165) is 22.2 Å². The molecule has 0 saturated carbocycles. The van der Waals surface area contributed by atoms with Crippen molar-refractivity contribution in [3.8, 4) is 0 Å². The Hall–Kier alpha value is -3.22. The van der Waals surface area contributed by atoms with Crippen molar-refractivity contribution in [2.75, 3.05) is 5.32 Å². The molecular weight excluding hydrogens is 356 g/mol. The molecular formula is C21H24N4O3. The third kappa shape index (κ3) is 3.47. The number of ether oxygens (including phenoxy) is 1. The quantitative estimate of drug-likeness (QED) is 0.701. The minimum atomic E-state index is -0.961. The van der Waals surface area contributed by atoms with Crippen LogP contribution >= 0.6 is 0 Å². The van der Waals surface area contributed by atoms with Gasteiger partial charge in [-0.3, -0.25) is 14.5 Å². The highest BCUT2D eigenvalue weighted by atomic mass is 16.5. The predicted octanol–water partition coefficient (Wildman–Crippen LogP) is 3.39. The zero-order valence-electron chi connectivity index (χ0n) is 17.0. The highest BCUT2D eigenvalue weighted by Crippen LogP contribution is 2.24. The van der Waals surface area contributed by atoms with Crippen LogP contribution in [-0.4, -0.2) is 32.7 Å². The van der Waals surface area contributed by atoms with Gasteiger partial charge in [-0.1, -0.05) is 18.2 Å². The lowest BCUT2D eigenvalue weighted by Crippen LogP contribution is -2.31. The fraction of sp³-hybridized carbons (Fsp3) is 0.333. The Kier molecular flexibility index (Phi) is 5.18. The van der Waals surface area contributed by atoms with Crippen molar-refractivity contribution in [2.45, 2.75) is 40.7 Å². The first-order valence-electron chi connectivity index (χ1n) is 9.08. The normalized spacial score (nSPS) is 12.1. The second kappa shape index (κ2) is 7.42. The van der Waals surface area contributed by atoms with E-state index in [-0.39, 0.29) is 0 Å². The smallest absolute Gasteiger partial charge is 0.341 e. The maximum absolute atomic E-state index is 12.8. The molecule has 7 heteroatoms. The number of hydrogen-bond acceptors (Lipinski definition) is 5. The lowest BCUT2D eigenvalue weighted by Gasteiger charge is -2.16. The van der Waals surface area contributed by atoms with E-state index in [1.54, 1.807) is 25.6 Å². The fourth-order valence-corrected chi connectivity index (χ4v) is 3.28. The maximum Gasteiger partial charge on any atom is 0.341 e. The van der Waals surface area contributed by atoms with Crippen LogP contribution in [0.25, 0.3) is 10.9 Å². The molecule has 146 valence electrons. The van der Waals surface area contributed by atoms with E-state index in [0.29, 0.717) is 22.6 Å². The second-order valence-electron chi connectivity index (χ2n) is 6.92. The molecule has 0 aliphatic carbocycles. The minimum Gasteiger partial charge on any atom is -0.449 e. The number of aromatic nitrogens is 3. The van der Waals surface area contributed by atoms with Gasteiger partial charge in [0.05, 0.1) is 33.8 Å². The van der Waals surface area contributed by atoms with E-state index in [1.165, 1.54) is 0 Å². The third-order valence-electron chi connectivity index (χ3n) is 4.95. The van der Waals surface area contributed by atoms with Crippen molar-refractivity contribution >= 4 is 28.5 Å². The summed E-state index contributed by atoms with van der Waals surface area (Å²) in [5, 5.41) is 7.96. The molecule has 2 heterocycles. The number of fused-ring (bicyclic) bond motifs is 1. The Morgan fingerprint density at radius 1 is 1.11 bits per heavy atom. The summed E-state index contributed by atoms with van der Waals surface area (Å²) in [6, 6.07) is 7.62. The molecule has 28 heavy (non-hydrogen) atoms. The van der Waals surface area contributed by atoms with Gasteiger partial charge >= 0.3 is 5.97 Å². The number of benzene rings is 1.